The second kappa shape index (κ2) is 28.7. The topological polar surface area (TPSA) is 17.1 Å². The molecular weight excluding hydrogens is 161 g/mol. The summed E-state index contributed by atoms with van der Waals surface area (Å²) in [5.41, 5.74) is 0. The summed E-state index contributed by atoms with van der Waals surface area (Å²) < 4.78 is 8.26. The molecule has 0 saturated carbocycles. The number of rotatable bonds is 0. The first-order chi connectivity index (χ1) is 1.00. The fourth-order valence-electron chi connectivity index (χ4n) is 0. The van der Waals surface area contributed by atoms with E-state index in [1.165, 1.54) is 0 Å². The van der Waals surface area contributed by atoms with Gasteiger partial charge in [-0.25, -0.2) is 0 Å². The molecule has 0 rings (SSSR count). The third kappa shape index (κ3) is 10.5. The van der Waals surface area contributed by atoms with Crippen LogP contribution in [0, 0.1) is 0 Å². The van der Waals surface area contributed by atoms with E-state index in [1.807, 2.05) is 0 Å². The molecule has 0 heterocycles. The zero-order valence-corrected chi connectivity index (χ0v) is 3.15. The summed E-state index contributed by atoms with van der Waals surface area (Å²) in [6, 6.07) is 0. The van der Waals surface area contributed by atoms with Crippen molar-refractivity contribution in [2.45, 2.75) is 0 Å². The van der Waals surface area contributed by atoms with Gasteiger partial charge in [-0.3, -0.25) is 0 Å². The van der Waals surface area contributed by atoms with E-state index >= 15 is 0 Å². The zero-order chi connectivity index (χ0) is 2.00. The van der Waals surface area contributed by atoms with Crippen LogP contribution in [-0.2, 0) is 3.10 Å². The van der Waals surface area contributed by atoms with Crippen LogP contribution in [0.1, 0.15) is 0 Å². The van der Waals surface area contributed by atoms with Gasteiger partial charge in [-0.15, -0.1) is 0 Å². The van der Waals surface area contributed by atoms with E-state index in [4.69, 9.17) is 3.10 Å². The molecule has 0 aromatic heterocycles. The van der Waals surface area contributed by atoms with Crippen molar-refractivity contribution in [1.82, 2.24) is 0 Å². The molecule has 0 unspecified atom stereocenters. The van der Waals surface area contributed by atoms with Crippen molar-refractivity contribution >= 4 is 49.6 Å². The zero-order valence-electron chi connectivity index (χ0n) is 0.816. The van der Waals surface area contributed by atoms with Gasteiger partial charge in [0.1, 0.15) is 0 Å². The van der Waals surface area contributed by atoms with E-state index in [2.05, 4.69) is 0 Å². The van der Waals surface area contributed by atoms with Crippen molar-refractivity contribution in [1.29, 1.82) is 0 Å². The Balaban J connectivity index is -0.00000000500. The van der Waals surface area contributed by atoms with Crippen molar-refractivity contribution < 1.29 is 3.10 Å². The average Bonchev–Trinajstić information content (AvgIpc) is 1.00. The molecule has 4 heavy (non-hydrogen) atoms. The maximum absolute atomic E-state index is 8.26. The Morgan fingerprint density at radius 2 is 1.25 bits per heavy atom. The Bertz CT molecular complexity index is 8.00. The molecule has 4 heteroatoms. The molecule has 0 N–H and O–H groups in total. The van der Waals surface area contributed by atoms with Crippen molar-refractivity contribution in [2.24, 2.45) is 0 Å². The Kier molecular flexibility index (Phi) is 134. The van der Waals surface area contributed by atoms with Gasteiger partial charge in [-0.05, 0) is 0 Å². The second-order valence-corrected chi connectivity index (χ2v) is 0. The molecule has 0 fully saturated rings. The van der Waals surface area contributed by atoms with Crippen molar-refractivity contribution in [2.75, 3.05) is 0 Å². The number of hydrogen-bond acceptors (Lipinski definition) is 1. The fraction of sp³-hybridized carbons (Fsp3) is 0. The molecule has 0 bridgehead atoms. The minimum atomic E-state index is 0. The van der Waals surface area contributed by atoms with Crippen molar-refractivity contribution in [3.05, 3.63) is 0 Å². The first-order valence-corrected chi connectivity index (χ1v) is 1.12. The molecule has 0 radical (unpaired) electrons. The molecule has 0 saturated heterocycles. The summed E-state index contributed by atoms with van der Waals surface area (Å²) >= 11 is 0.700. The summed E-state index contributed by atoms with van der Waals surface area (Å²) in [7, 11) is 0. The SMILES string of the molecule is B.O=[Te].[LiH]. The van der Waals surface area contributed by atoms with Crippen LogP contribution in [0.3, 0.4) is 0 Å². The quantitative estimate of drug-likeness (QED) is 0.368. The summed E-state index contributed by atoms with van der Waals surface area (Å²) in [4.78, 5) is 0. The molecule has 0 atom stereocenters. The van der Waals surface area contributed by atoms with Crippen LogP contribution in [-0.4, -0.2) is 49.6 Å². The normalized spacial score (nSPS) is 1.00. The maximum atomic E-state index is 8.26. The van der Waals surface area contributed by atoms with E-state index in [9.17, 15) is 0 Å². The minimum absolute atomic E-state index is 0. The van der Waals surface area contributed by atoms with Crippen LogP contribution in [0.25, 0.3) is 0 Å². The Hall–Kier alpha value is 1.25. The Morgan fingerprint density at radius 3 is 1.25 bits per heavy atom. The van der Waals surface area contributed by atoms with Crippen LogP contribution in [0.5, 0.6) is 0 Å². The molecule has 0 aliphatic heterocycles. The van der Waals surface area contributed by atoms with E-state index < -0.39 is 0 Å². The first-order valence-electron chi connectivity index (χ1n) is 0.167. The van der Waals surface area contributed by atoms with Gasteiger partial charge in [-0.2, -0.15) is 0 Å². The summed E-state index contributed by atoms with van der Waals surface area (Å²) in [5, 5.41) is 0. The third-order valence-electron chi connectivity index (χ3n) is 0. The molecule has 0 amide bonds. The van der Waals surface area contributed by atoms with Gasteiger partial charge in [0.15, 0.2) is 0 Å². The monoisotopic (exact) mass is 168 g/mol. The molecule has 0 aliphatic carbocycles. The molecule has 0 aliphatic rings. The van der Waals surface area contributed by atoms with Crippen LogP contribution < -0.4 is 0 Å². The van der Waals surface area contributed by atoms with E-state index in [0.29, 0.717) is 22.3 Å². The van der Waals surface area contributed by atoms with Gasteiger partial charge in [0.25, 0.3) is 0 Å². The van der Waals surface area contributed by atoms with Gasteiger partial charge >= 0.3 is 44.2 Å². The molecular formula is H4BLiOTe. The molecule has 0 spiro atoms. The summed E-state index contributed by atoms with van der Waals surface area (Å²) in [6.45, 7) is 0. The Labute approximate surface area is 52.6 Å². The molecule has 20 valence electrons. The standard InChI is InChI=1S/BH3.Li.OTe.H/c;;1-2;/h1H3;;;. The van der Waals surface area contributed by atoms with Gasteiger partial charge in [0.05, 0.1) is 8.41 Å². The summed E-state index contributed by atoms with van der Waals surface area (Å²) in [5.74, 6) is 0. The Morgan fingerprint density at radius 1 is 1.25 bits per heavy atom. The van der Waals surface area contributed by atoms with Crippen LogP contribution in [0.4, 0.5) is 0 Å². The molecule has 1 nitrogen and oxygen atoms in total. The van der Waals surface area contributed by atoms with Crippen LogP contribution in [0.2, 0.25) is 0 Å². The first kappa shape index (κ1) is 18.7. The van der Waals surface area contributed by atoms with Gasteiger partial charge in [0.2, 0.25) is 0 Å². The van der Waals surface area contributed by atoms with Gasteiger partial charge in [0, 0.05) is 0 Å². The van der Waals surface area contributed by atoms with E-state index in [-0.39, 0.29) is 27.3 Å². The van der Waals surface area contributed by atoms with Crippen LogP contribution in [0.15, 0.2) is 0 Å². The van der Waals surface area contributed by atoms with Crippen molar-refractivity contribution in [3.8, 4) is 0 Å². The molecule has 0 aromatic carbocycles. The predicted molar refractivity (Wildman–Crippen MR) is 23.5 cm³/mol. The summed E-state index contributed by atoms with van der Waals surface area (Å²) in [6.07, 6.45) is 0. The van der Waals surface area contributed by atoms with Crippen molar-refractivity contribution in [3.63, 3.8) is 0 Å². The molecule has 0 aromatic rings. The average molecular weight is 165 g/mol. The second-order valence-electron chi connectivity index (χ2n) is 0. The van der Waals surface area contributed by atoms with E-state index in [0.717, 1.165) is 0 Å². The van der Waals surface area contributed by atoms with Gasteiger partial charge in [-0.1, -0.05) is 0 Å². The predicted octanol–water partition coefficient (Wildman–Crippen LogP) is -2.33. The fourth-order valence-corrected chi connectivity index (χ4v) is 0. The van der Waals surface area contributed by atoms with Crippen LogP contribution >= 0.6 is 0 Å². The number of hydrogen-bond donors (Lipinski definition) is 0. The van der Waals surface area contributed by atoms with Gasteiger partial charge < -0.3 is 0 Å². The van der Waals surface area contributed by atoms with E-state index in [1.54, 1.807) is 0 Å². The third-order valence-corrected chi connectivity index (χ3v) is 0.